The lowest BCUT2D eigenvalue weighted by Gasteiger charge is -2.17. The first kappa shape index (κ1) is 11.9. The third-order valence-corrected chi connectivity index (χ3v) is 2.52. The van der Waals surface area contributed by atoms with Gasteiger partial charge in [0.05, 0.1) is 11.4 Å². The number of hydrogen-bond donors (Lipinski definition) is 3. The molecule has 0 aromatic heterocycles. The highest BCUT2D eigenvalue weighted by atomic mass is 16.2. The molecular weight excluding hydrogens is 188 g/mol. The number of nitrogen functional groups attached to an aromatic ring is 1. The van der Waals surface area contributed by atoms with Crippen LogP contribution in [0.1, 0.15) is 25.3 Å². The van der Waals surface area contributed by atoms with Gasteiger partial charge in [0.1, 0.15) is 0 Å². The normalized spacial score (nSPS) is 12.5. The van der Waals surface area contributed by atoms with Gasteiger partial charge in [-0.05, 0) is 38.3 Å². The number of anilines is 2. The Hall–Kier alpha value is -1.22. The number of benzene rings is 1. The van der Waals surface area contributed by atoms with Crippen molar-refractivity contribution in [2.24, 2.45) is 0 Å². The van der Waals surface area contributed by atoms with Gasteiger partial charge in [0.25, 0.3) is 0 Å². The predicted molar refractivity (Wildman–Crippen MR) is 65.0 cm³/mol. The van der Waals surface area contributed by atoms with Crippen LogP contribution in [-0.4, -0.2) is 17.8 Å². The van der Waals surface area contributed by atoms with Gasteiger partial charge in [0.2, 0.25) is 0 Å². The van der Waals surface area contributed by atoms with E-state index in [0.29, 0.717) is 6.04 Å². The fraction of sp³-hybridized carbons (Fsp3) is 0.500. The number of nitrogens with two attached hydrogens (primary N) is 1. The van der Waals surface area contributed by atoms with Crippen LogP contribution in [0.2, 0.25) is 0 Å². The second-order valence-electron chi connectivity index (χ2n) is 3.95. The van der Waals surface area contributed by atoms with Crippen LogP contribution in [0.15, 0.2) is 18.2 Å². The molecule has 1 unspecified atom stereocenters. The summed E-state index contributed by atoms with van der Waals surface area (Å²) in [5.41, 5.74) is 8.84. The summed E-state index contributed by atoms with van der Waals surface area (Å²) in [6.45, 7) is 4.34. The van der Waals surface area contributed by atoms with Crippen molar-refractivity contribution in [3.8, 4) is 0 Å². The molecule has 0 saturated heterocycles. The molecular formula is C12H20N2O. The third-order valence-electron chi connectivity index (χ3n) is 2.52. The molecule has 1 aromatic carbocycles. The maximum Gasteiger partial charge on any atom is 0.0579 e. The van der Waals surface area contributed by atoms with Crippen LogP contribution >= 0.6 is 0 Å². The topological polar surface area (TPSA) is 58.3 Å². The van der Waals surface area contributed by atoms with E-state index < -0.39 is 0 Å². The first-order valence-corrected chi connectivity index (χ1v) is 5.37. The number of nitrogens with one attached hydrogen (secondary N) is 1. The predicted octanol–water partition coefficient (Wildman–Crippen LogP) is 2.15. The van der Waals surface area contributed by atoms with Crippen molar-refractivity contribution in [2.45, 2.75) is 32.7 Å². The van der Waals surface area contributed by atoms with Crippen LogP contribution in [0.4, 0.5) is 11.4 Å². The van der Waals surface area contributed by atoms with Gasteiger partial charge in [-0.1, -0.05) is 12.1 Å². The van der Waals surface area contributed by atoms with Crippen molar-refractivity contribution in [2.75, 3.05) is 17.7 Å². The van der Waals surface area contributed by atoms with Gasteiger partial charge in [0.15, 0.2) is 0 Å². The number of hydrogen-bond acceptors (Lipinski definition) is 3. The van der Waals surface area contributed by atoms with E-state index in [9.17, 15) is 0 Å². The average molecular weight is 208 g/mol. The first-order chi connectivity index (χ1) is 7.15. The zero-order valence-electron chi connectivity index (χ0n) is 9.46. The van der Waals surface area contributed by atoms with E-state index >= 15 is 0 Å². The molecule has 0 aliphatic carbocycles. The maximum absolute atomic E-state index is 8.73. The number of aliphatic hydroxyl groups is 1. The smallest absolute Gasteiger partial charge is 0.0579 e. The summed E-state index contributed by atoms with van der Waals surface area (Å²) in [6, 6.07) is 6.31. The molecule has 3 nitrogen and oxygen atoms in total. The Balaban J connectivity index is 2.60. The lowest BCUT2D eigenvalue weighted by Crippen LogP contribution is -2.16. The lowest BCUT2D eigenvalue weighted by atomic mass is 10.1. The van der Waals surface area contributed by atoms with Crippen LogP contribution in [0, 0.1) is 6.92 Å². The molecule has 0 bridgehead atoms. The standard InChI is InChI=1S/C12H20N2O/c1-9-5-3-7-11(12(9)13)14-10(2)6-4-8-15/h3,5,7,10,14-15H,4,6,8,13H2,1-2H3. The Morgan fingerprint density at radius 3 is 2.87 bits per heavy atom. The summed E-state index contributed by atoms with van der Waals surface area (Å²) < 4.78 is 0. The van der Waals surface area contributed by atoms with Gasteiger partial charge >= 0.3 is 0 Å². The fourth-order valence-electron chi connectivity index (χ4n) is 1.54. The van der Waals surface area contributed by atoms with Gasteiger partial charge in [-0.3, -0.25) is 0 Å². The summed E-state index contributed by atoms with van der Waals surface area (Å²) >= 11 is 0. The molecule has 4 N–H and O–H groups in total. The zero-order chi connectivity index (χ0) is 11.3. The Kier molecular flexibility index (Phi) is 4.43. The molecule has 0 fully saturated rings. The molecule has 3 heteroatoms. The highest BCUT2D eigenvalue weighted by Gasteiger charge is 2.05. The zero-order valence-corrected chi connectivity index (χ0v) is 9.46. The first-order valence-electron chi connectivity index (χ1n) is 5.37. The molecule has 0 heterocycles. The lowest BCUT2D eigenvalue weighted by molar-refractivity contribution is 0.282. The Morgan fingerprint density at radius 1 is 1.47 bits per heavy atom. The molecule has 1 aromatic rings. The van der Waals surface area contributed by atoms with Gasteiger partial charge in [0, 0.05) is 12.6 Å². The summed E-state index contributed by atoms with van der Waals surface area (Å²) in [4.78, 5) is 0. The van der Waals surface area contributed by atoms with E-state index in [1.165, 1.54) is 0 Å². The third kappa shape index (κ3) is 3.44. The van der Waals surface area contributed by atoms with Gasteiger partial charge in [-0.15, -0.1) is 0 Å². The maximum atomic E-state index is 8.73. The molecule has 1 rings (SSSR count). The van der Waals surface area contributed by atoms with Crippen molar-refractivity contribution < 1.29 is 5.11 Å². The van der Waals surface area contributed by atoms with Gasteiger partial charge in [-0.2, -0.15) is 0 Å². The molecule has 0 aliphatic heterocycles. The summed E-state index contributed by atoms with van der Waals surface area (Å²) in [6.07, 6.45) is 1.77. The van der Waals surface area contributed by atoms with E-state index in [2.05, 4.69) is 12.2 Å². The summed E-state index contributed by atoms with van der Waals surface area (Å²) in [7, 11) is 0. The minimum absolute atomic E-state index is 0.245. The monoisotopic (exact) mass is 208 g/mol. The second kappa shape index (κ2) is 5.61. The highest BCUT2D eigenvalue weighted by Crippen LogP contribution is 2.22. The van der Waals surface area contributed by atoms with Crippen molar-refractivity contribution in [1.82, 2.24) is 0 Å². The van der Waals surface area contributed by atoms with Crippen LogP contribution < -0.4 is 11.1 Å². The van der Waals surface area contributed by atoms with Crippen molar-refractivity contribution in [3.63, 3.8) is 0 Å². The van der Waals surface area contributed by atoms with Crippen molar-refractivity contribution >= 4 is 11.4 Å². The Labute approximate surface area is 91.3 Å². The molecule has 0 radical (unpaired) electrons. The van der Waals surface area contributed by atoms with Crippen LogP contribution in [0.3, 0.4) is 0 Å². The number of aliphatic hydroxyl groups excluding tert-OH is 1. The molecule has 1 atom stereocenters. The van der Waals surface area contributed by atoms with E-state index in [4.69, 9.17) is 10.8 Å². The van der Waals surface area contributed by atoms with Crippen LogP contribution in [0.25, 0.3) is 0 Å². The quantitative estimate of drug-likeness (QED) is 0.650. The van der Waals surface area contributed by atoms with E-state index in [-0.39, 0.29) is 6.61 Å². The largest absolute Gasteiger partial charge is 0.397 e. The summed E-state index contributed by atoms with van der Waals surface area (Å²) in [5, 5.41) is 12.1. The van der Waals surface area contributed by atoms with Crippen LogP contribution in [0.5, 0.6) is 0 Å². The minimum Gasteiger partial charge on any atom is -0.397 e. The highest BCUT2D eigenvalue weighted by molar-refractivity contribution is 5.69. The molecule has 0 saturated carbocycles. The van der Waals surface area contributed by atoms with E-state index in [1.54, 1.807) is 0 Å². The molecule has 0 aliphatic rings. The number of para-hydroxylation sites is 1. The van der Waals surface area contributed by atoms with Gasteiger partial charge in [-0.25, -0.2) is 0 Å². The summed E-state index contributed by atoms with van der Waals surface area (Å²) in [5.74, 6) is 0. The van der Waals surface area contributed by atoms with Gasteiger partial charge < -0.3 is 16.2 Å². The minimum atomic E-state index is 0.245. The number of aryl methyl sites for hydroxylation is 1. The van der Waals surface area contributed by atoms with Crippen molar-refractivity contribution in [3.05, 3.63) is 23.8 Å². The Bertz CT molecular complexity index is 312. The average Bonchev–Trinajstić information content (AvgIpc) is 2.22. The number of rotatable bonds is 5. The molecule has 0 spiro atoms. The molecule has 84 valence electrons. The van der Waals surface area contributed by atoms with E-state index in [1.807, 2.05) is 25.1 Å². The fourth-order valence-corrected chi connectivity index (χ4v) is 1.54. The Morgan fingerprint density at radius 2 is 2.20 bits per heavy atom. The molecule has 0 amide bonds. The SMILES string of the molecule is Cc1cccc(NC(C)CCCO)c1N. The molecule has 15 heavy (non-hydrogen) atoms. The van der Waals surface area contributed by atoms with Crippen LogP contribution in [-0.2, 0) is 0 Å². The second-order valence-corrected chi connectivity index (χ2v) is 3.95. The van der Waals surface area contributed by atoms with E-state index in [0.717, 1.165) is 29.8 Å². The van der Waals surface area contributed by atoms with Crippen molar-refractivity contribution in [1.29, 1.82) is 0 Å².